The summed E-state index contributed by atoms with van der Waals surface area (Å²) in [5.74, 6) is 1.21. The summed E-state index contributed by atoms with van der Waals surface area (Å²) in [5.41, 5.74) is 0.511. The Kier molecular flexibility index (Phi) is 7.42. The molecule has 0 radical (unpaired) electrons. The van der Waals surface area contributed by atoms with Gasteiger partial charge < -0.3 is 14.2 Å². The van der Waals surface area contributed by atoms with Gasteiger partial charge in [0.15, 0.2) is 17.3 Å². The molecule has 0 N–H and O–H groups in total. The molecule has 1 fully saturated rings. The minimum absolute atomic E-state index is 0.0392. The first-order valence-corrected chi connectivity index (χ1v) is 11.4. The van der Waals surface area contributed by atoms with E-state index in [2.05, 4.69) is 0 Å². The predicted molar refractivity (Wildman–Crippen MR) is 117 cm³/mol. The summed E-state index contributed by atoms with van der Waals surface area (Å²) in [6.07, 6.45) is 0. The van der Waals surface area contributed by atoms with Crippen molar-refractivity contribution in [2.45, 2.75) is 4.90 Å². The molecule has 0 amide bonds. The molecule has 1 saturated heterocycles. The molecule has 0 bridgehead atoms. The fraction of sp³-hybridized carbons (Fsp3) is 0.381. The zero-order valence-corrected chi connectivity index (χ0v) is 19.2. The van der Waals surface area contributed by atoms with Crippen molar-refractivity contribution in [3.63, 3.8) is 0 Å². The van der Waals surface area contributed by atoms with Crippen LogP contribution in [0, 0.1) is 0 Å². The van der Waals surface area contributed by atoms with Crippen molar-refractivity contribution < 1.29 is 27.4 Å². The zero-order chi connectivity index (χ0) is 22.6. The van der Waals surface area contributed by atoms with Crippen molar-refractivity contribution in [1.29, 1.82) is 0 Å². The number of sulfonamides is 1. The number of rotatable bonds is 8. The lowest BCUT2D eigenvalue weighted by Gasteiger charge is -2.33. The molecule has 0 unspecified atom stereocenters. The summed E-state index contributed by atoms with van der Waals surface area (Å²) in [6, 6.07) is 9.53. The zero-order valence-electron chi connectivity index (χ0n) is 17.6. The molecule has 31 heavy (non-hydrogen) atoms. The maximum absolute atomic E-state index is 13.1. The smallest absolute Gasteiger partial charge is 0.246 e. The Labute approximate surface area is 187 Å². The van der Waals surface area contributed by atoms with Crippen LogP contribution in [-0.2, 0) is 10.0 Å². The van der Waals surface area contributed by atoms with E-state index in [-0.39, 0.29) is 36.1 Å². The summed E-state index contributed by atoms with van der Waals surface area (Å²) in [5, 5.41) is 0.318. The molecule has 0 atom stereocenters. The lowest BCUT2D eigenvalue weighted by atomic mass is 10.1. The molecule has 1 heterocycles. The van der Waals surface area contributed by atoms with Gasteiger partial charge in [0.1, 0.15) is 10.6 Å². The Morgan fingerprint density at radius 3 is 2.13 bits per heavy atom. The number of hydrogen-bond donors (Lipinski definition) is 0. The molecule has 10 heteroatoms. The number of halogens is 1. The van der Waals surface area contributed by atoms with Crippen LogP contribution in [0.5, 0.6) is 17.2 Å². The van der Waals surface area contributed by atoms with Crippen LogP contribution in [-0.4, -0.2) is 77.5 Å². The van der Waals surface area contributed by atoms with E-state index in [1.807, 2.05) is 4.90 Å². The van der Waals surface area contributed by atoms with Gasteiger partial charge >= 0.3 is 0 Å². The van der Waals surface area contributed by atoms with E-state index < -0.39 is 10.0 Å². The van der Waals surface area contributed by atoms with Crippen molar-refractivity contribution in [1.82, 2.24) is 9.21 Å². The molecule has 8 nitrogen and oxygen atoms in total. The minimum atomic E-state index is -3.77. The lowest BCUT2D eigenvalue weighted by Crippen LogP contribution is -2.49. The summed E-state index contributed by atoms with van der Waals surface area (Å²) in [6.45, 7) is 1.57. The van der Waals surface area contributed by atoms with E-state index in [1.54, 1.807) is 24.3 Å². The van der Waals surface area contributed by atoms with E-state index >= 15 is 0 Å². The summed E-state index contributed by atoms with van der Waals surface area (Å²) in [7, 11) is 0.699. The molecule has 0 aromatic heterocycles. The average Bonchev–Trinajstić information content (AvgIpc) is 2.78. The first kappa shape index (κ1) is 23.3. The number of benzene rings is 2. The van der Waals surface area contributed by atoms with Crippen molar-refractivity contribution in [3.8, 4) is 17.2 Å². The molecule has 2 aromatic carbocycles. The average molecular weight is 469 g/mol. The molecule has 3 rings (SSSR count). The fourth-order valence-corrected chi connectivity index (χ4v) is 5.26. The second kappa shape index (κ2) is 9.86. The van der Waals surface area contributed by atoms with Crippen LogP contribution in [0.2, 0.25) is 5.02 Å². The second-order valence-electron chi connectivity index (χ2n) is 6.97. The van der Waals surface area contributed by atoms with Gasteiger partial charge in [-0.15, -0.1) is 0 Å². The van der Waals surface area contributed by atoms with Crippen LogP contribution >= 0.6 is 11.6 Å². The topological polar surface area (TPSA) is 85.4 Å². The number of carbonyl (C=O) groups excluding carboxylic acids is 1. The van der Waals surface area contributed by atoms with Crippen LogP contribution in [0.25, 0.3) is 0 Å². The third kappa shape index (κ3) is 5.12. The standard InChI is InChI=1S/C21H25ClN2O6S/c1-28-18-6-4-15(12-20(18)30-3)17(25)14-23-8-10-24(11-9-23)31(26,27)21-13-16(22)5-7-19(21)29-2/h4-7,12-13H,8-11,14H2,1-3H3. The molecule has 1 aliphatic rings. The monoisotopic (exact) mass is 468 g/mol. The highest BCUT2D eigenvalue weighted by Gasteiger charge is 2.31. The van der Waals surface area contributed by atoms with Crippen LogP contribution < -0.4 is 14.2 Å². The SMILES string of the molecule is COc1ccc(C(=O)CN2CCN(S(=O)(=O)c3cc(Cl)ccc3OC)CC2)cc1OC. The number of hydrogen-bond acceptors (Lipinski definition) is 7. The van der Waals surface area contributed by atoms with Gasteiger partial charge in [0.2, 0.25) is 10.0 Å². The Bertz CT molecular complexity index is 1050. The Morgan fingerprint density at radius 1 is 0.903 bits per heavy atom. The maximum Gasteiger partial charge on any atom is 0.246 e. The Balaban J connectivity index is 1.66. The first-order valence-electron chi connectivity index (χ1n) is 9.61. The highest BCUT2D eigenvalue weighted by molar-refractivity contribution is 7.89. The molecule has 168 valence electrons. The van der Waals surface area contributed by atoms with Crippen LogP contribution in [0.1, 0.15) is 10.4 Å². The summed E-state index contributed by atoms with van der Waals surface area (Å²) < 4.78 is 43.2. The molecular formula is C21H25ClN2O6S. The van der Waals surface area contributed by atoms with E-state index in [9.17, 15) is 13.2 Å². The van der Waals surface area contributed by atoms with Crippen molar-refractivity contribution in [2.24, 2.45) is 0 Å². The maximum atomic E-state index is 13.1. The number of ether oxygens (including phenoxy) is 3. The number of carbonyl (C=O) groups is 1. The number of ketones is 1. The van der Waals surface area contributed by atoms with Gasteiger partial charge in [0.05, 0.1) is 27.9 Å². The Hall–Kier alpha value is -2.33. The molecule has 0 aliphatic carbocycles. The number of Topliss-reactive ketones (excluding diaryl/α,β-unsaturated/α-hetero) is 1. The van der Waals surface area contributed by atoms with Gasteiger partial charge in [-0.1, -0.05) is 11.6 Å². The normalized spacial score (nSPS) is 15.5. The third-order valence-corrected chi connectivity index (χ3v) is 7.30. The first-order chi connectivity index (χ1) is 14.8. The quantitative estimate of drug-likeness (QED) is 0.550. The van der Waals surface area contributed by atoms with Gasteiger partial charge in [0.25, 0.3) is 0 Å². The second-order valence-corrected chi connectivity index (χ2v) is 9.31. The molecular weight excluding hydrogens is 444 g/mol. The molecule has 1 aliphatic heterocycles. The fourth-order valence-electron chi connectivity index (χ4n) is 3.42. The highest BCUT2D eigenvalue weighted by atomic mass is 35.5. The predicted octanol–water partition coefficient (Wildman–Crippen LogP) is 2.56. The number of methoxy groups -OCH3 is 3. The number of piperazine rings is 1. The summed E-state index contributed by atoms with van der Waals surface area (Å²) in [4.78, 5) is 14.7. The molecule has 0 spiro atoms. The van der Waals surface area contributed by atoms with Crippen LogP contribution in [0.3, 0.4) is 0 Å². The van der Waals surface area contributed by atoms with Gasteiger partial charge in [-0.05, 0) is 36.4 Å². The van der Waals surface area contributed by atoms with Crippen molar-refractivity contribution in [3.05, 3.63) is 47.0 Å². The third-order valence-electron chi connectivity index (χ3n) is 5.15. The van der Waals surface area contributed by atoms with Crippen molar-refractivity contribution in [2.75, 3.05) is 54.1 Å². The van der Waals surface area contributed by atoms with Gasteiger partial charge in [0, 0.05) is 36.8 Å². The van der Waals surface area contributed by atoms with E-state index in [0.717, 1.165) is 0 Å². The van der Waals surface area contributed by atoms with Gasteiger partial charge in [-0.25, -0.2) is 8.42 Å². The van der Waals surface area contributed by atoms with Gasteiger partial charge in [-0.3, -0.25) is 9.69 Å². The van der Waals surface area contributed by atoms with Gasteiger partial charge in [-0.2, -0.15) is 4.31 Å². The van der Waals surface area contributed by atoms with Crippen LogP contribution in [0.4, 0.5) is 0 Å². The lowest BCUT2D eigenvalue weighted by molar-refractivity contribution is 0.0901. The Morgan fingerprint density at radius 2 is 1.52 bits per heavy atom. The molecule has 2 aromatic rings. The highest BCUT2D eigenvalue weighted by Crippen LogP contribution is 2.30. The largest absolute Gasteiger partial charge is 0.495 e. The van der Waals surface area contributed by atoms with E-state index in [4.69, 9.17) is 25.8 Å². The molecule has 0 saturated carbocycles. The minimum Gasteiger partial charge on any atom is -0.495 e. The van der Waals surface area contributed by atoms with E-state index in [1.165, 1.54) is 37.8 Å². The van der Waals surface area contributed by atoms with Crippen molar-refractivity contribution >= 4 is 27.4 Å². The number of nitrogens with zero attached hydrogens (tertiary/aromatic N) is 2. The van der Waals surface area contributed by atoms with E-state index in [0.29, 0.717) is 35.2 Å². The van der Waals surface area contributed by atoms with Crippen LogP contribution in [0.15, 0.2) is 41.3 Å². The summed E-state index contributed by atoms with van der Waals surface area (Å²) >= 11 is 6.00.